The van der Waals surface area contributed by atoms with Gasteiger partial charge in [0.1, 0.15) is 0 Å². The molecule has 74 valence electrons. The lowest BCUT2D eigenvalue weighted by Gasteiger charge is -2.17. The fraction of sp³-hybridized carbons (Fsp3) is 0.364. The fourth-order valence-electron chi connectivity index (χ4n) is 1.81. The van der Waals surface area contributed by atoms with Crippen molar-refractivity contribution in [2.24, 2.45) is 5.16 Å². The van der Waals surface area contributed by atoms with Crippen LogP contribution in [0, 0.1) is 0 Å². The summed E-state index contributed by atoms with van der Waals surface area (Å²) in [5, 5.41) is 11.4. The average Bonchev–Trinajstić information content (AvgIpc) is 2.72. The molecule has 0 aromatic heterocycles. The molecular weight excluding hydrogens is 176 g/mol. The number of rotatable bonds is 2. The molecule has 3 heteroatoms. The predicted molar refractivity (Wildman–Crippen MR) is 57.3 cm³/mol. The Morgan fingerprint density at radius 2 is 1.79 bits per heavy atom. The van der Waals surface area contributed by atoms with Crippen LogP contribution in [0.15, 0.2) is 29.4 Å². The van der Waals surface area contributed by atoms with Gasteiger partial charge >= 0.3 is 0 Å². The highest BCUT2D eigenvalue weighted by Crippen LogP contribution is 2.19. The molecule has 0 spiro atoms. The number of nitrogens with zero attached hydrogens (tertiary/aromatic N) is 2. The third kappa shape index (κ3) is 1.87. The normalized spacial score (nSPS) is 16.7. The summed E-state index contributed by atoms with van der Waals surface area (Å²) in [5.41, 5.74) is 2.19. The smallest absolute Gasteiger partial charge is 0.0733 e. The van der Waals surface area contributed by atoms with Crippen molar-refractivity contribution < 1.29 is 5.21 Å². The maximum Gasteiger partial charge on any atom is 0.0733 e. The lowest BCUT2D eigenvalue weighted by Crippen LogP contribution is -2.17. The first-order chi connectivity index (χ1) is 6.90. The highest BCUT2D eigenvalue weighted by Gasteiger charge is 2.11. The van der Waals surface area contributed by atoms with E-state index in [-0.39, 0.29) is 0 Å². The van der Waals surface area contributed by atoms with E-state index in [1.165, 1.54) is 24.7 Å². The molecule has 0 aliphatic carbocycles. The van der Waals surface area contributed by atoms with Crippen LogP contribution in [-0.2, 0) is 0 Å². The Morgan fingerprint density at radius 1 is 1.14 bits per heavy atom. The molecule has 1 heterocycles. The van der Waals surface area contributed by atoms with E-state index in [0.29, 0.717) is 0 Å². The van der Waals surface area contributed by atoms with Crippen LogP contribution in [0.3, 0.4) is 0 Å². The second kappa shape index (κ2) is 4.13. The van der Waals surface area contributed by atoms with Crippen molar-refractivity contribution in [3.63, 3.8) is 0 Å². The van der Waals surface area contributed by atoms with Crippen LogP contribution in [0.2, 0.25) is 0 Å². The molecule has 1 aliphatic heterocycles. The van der Waals surface area contributed by atoms with E-state index in [0.717, 1.165) is 18.7 Å². The predicted octanol–water partition coefficient (Wildman–Crippen LogP) is 2.09. The summed E-state index contributed by atoms with van der Waals surface area (Å²) in [5.74, 6) is 0. The molecule has 1 aromatic carbocycles. The third-order valence-corrected chi connectivity index (χ3v) is 2.57. The molecule has 0 bridgehead atoms. The molecule has 1 fully saturated rings. The number of benzene rings is 1. The minimum Gasteiger partial charge on any atom is -0.411 e. The van der Waals surface area contributed by atoms with E-state index >= 15 is 0 Å². The number of anilines is 1. The van der Waals surface area contributed by atoms with Gasteiger partial charge in [0.05, 0.1) is 6.21 Å². The summed E-state index contributed by atoms with van der Waals surface area (Å²) in [6.07, 6.45) is 4.02. The van der Waals surface area contributed by atoms with Gasteiger partial charge in [0, 0.05) is 18.8 Å². The maximum absolute atomic E-state index is 8.36. The Bertz CT molecular complexity index is 313. The molecule has 0 saturated carbocycles. The largest absolute Gasteiger partial charge is 0.411 e. The van der Waals surface area contributed by atoms with E-state index < -0.39 is 0 Å². The summed E-state index contributed by atoms with van der Waals surface area (Å²) in [4.78, 5) is 2.37. The molecular formula is C11H14N2O. The standard InChI is InChI=1S/C11H14N2O/c14-12-9-10-3-5-11(6-4-10)13-7-1-2-8-13/h3-6,9,14H,1-2,7-8H2/b12-9+. The summed E-state index contributed by atoms with van der Waals surface area (Å²) in [7, 11) is 0. The molecule has 0 amide bonds. The van der Waals surface area contributed by atoms with Gasteiger partial charge in [0.2, 0.25) is 0 Å². The van der Waals surface area contributed by atoms with Crippen LogP contribution < -0.4 is 4.90 Å². The van der Waals surface area contributed by atoms with Crippen molar-refractivity contribution in [2.45, 2.75) is 12.8 Å². The van der Waals surface area contributed by atoms with Crippen LogP contribution >= 0.6 is 0 Å². The molecule has 1 aromatic rings. The van der Waals surface area contributed by atoms with Gasteiger partial charge in [-0.2, -0.15) is 0 Å². The summed E-state index contributed by atoms with van der Waals surface area (Å²) in [6, 6.07) is 8.07. The van der Waals surface area contributed by atoms with Crippen LogP contribution in [0.1, 0.15) is 18.4 Å². The van der Waals surface area contributed by atoms with E-state index in [1.54, 1.807) is 0 Å². The lowest BCUT2D eigenvalue weighted by molar-refractivity contribution is 0.322. The summed E-state index contributed by atoms with van der Waals surface area (Å²) >= 11 is 0. The van der Waals surface area contributed by atoms with Gasteiger partial charge in [0.25, 0.3) is 0 Å². The number of hydrogen-bond donors (Lipinski definition) is 1. The zero-order valence-corrected chi connectivity index (χ0v) is 8.06. The minimum absolute atomic E-state index is 0.926. The molecule has 2 rings (SSSR count). The second-order valence-electron chi connectivity index (χ2n) is 3.53. The number of oxime groups is 1. The zero-order valence-electron chi connectivity index (χ0n) is 8.06. The quantitative estimate of drug-likeness (QED) is 0.440. The Hall–Kier alpha value is -1.51. The highest BCUT2D eigenvalue weighted by molar-refractivity contribution is 5.79. The molecule has 0 atom stereocenters. The third-order valence-electron chi connectivity index (χ3n) is 2.57. The zero-order chi connectivity index (χ0) is 9.80. The Labute approximate surface area is 83.7 Å². The topological polar surface area (TPSA) is 35.8 Å². The molecule has 1 N–H and O–H groups in total. The van der Waals surface area contributed by atoms with E-state index in [9.17, 15) is 0 Å². The molecule has 3 nitrogen and oxygen atoms in total. The van der Waals surface area contributed by atoms with E-state index in [1.807, 2.05) is 12.1 Å². The van der Waals surface area contributed by atoms with Gasteiger partial charge in [-0.05, 0) is 30.5 Å². The molecule has 1 saturated heterocycles. The first-order valence-electron chi connectivity index (χ1n) is 4.92. The van der Waals surface area contributed by atoms with Gasteiger partial charge in [0.15, 0.2) is 0 Å². The first kappa shape index (κ1) is 9.06. The second-order valence-corrected chi connectivity index (χ2v) is 3.53. The van der Waals surface area contributed by atoms with Crippen molar-refractivity contribution in [1.82, 2.24) is 0 Å². The maximum atomic E-state index is 8.36. The van der Waals surface area contributed by atoms with Gasteiger partial charge in [-0.1, -0.05) is 17.3 Å². The molecule has 1 aliphatic rings. The van der Waals surface area contributed by atoms with Crippen molar-refractivity contribution in [1.29, 1.82) is 0 Å². The SMILES string of the molecule is O/N=C/c1ccc(N2CCCC2)cc1. The van der Waals surface area contributed by atoms with Crippen molar-refractivity contribution in [2.75, 3.05) is 18.0 Å². The molecule has 14 heavy (non-hydrogen) atoms. The van der Waals surface area contributed by atoms with Gasteiger partial charge < -0.3 is 10.1 Å². The first-order valence-corrected chi connectivity index (χ1v) is 4.92. The van der Waals surface area contributed by atoms with Crippen LogP contribution in [0.5, 0.6) is 0 Å². The van der Waals surface area contributed by atoms with Crippen LogP contribution in [0.25, 0.3) is 0 Å². The van der Waals surface area contributed by atoms with E-state index in [4.69, 9.17) is 5.21 Å². The summed E-state index contributed by atoms with van der Waals surface area (Å²) < 4.78 is 0. The van der Waals surface area contributed by atoms with Crippen molar-refractivity contribution in [3.8, 4) is 0 Å². The monoisotopic (exact) mass is 190 g/mol. The highest BCUT2D eigenvalue weighted by atomic mass is 16.4. The van der Waals surface area contributed by atoms with Crippen LogP contribution in [-0.4, -0.2) is 24.5 Å². The van der Waals surface area contributed by atoms with E-state index in [2.05, 4.69) is 22.2 Å². The van der Waals surface area contributed by atoms with Gasteiger partial charge in [-0.25, -0.2) is 0 Å². The minimum atomic E-state index is 0.926. The lowest BCUT2D eigenvalue weighted by atomic mass is 10.2. The Morgan fingerprint density at radius 3 is 2.36 bits per heavy atom. The number of hydrogen-bond acceptors (Lipinski definition) is 3. The Balaban J connectivity index is 2.12. The summed E-state index contributed by atoms with van der Waals surface area (Å²) in [6.45, 7) is 2.32. The Kier molecular flexibility index (Phi) is 2.68. The van der Waals surface area contributed by atoms with Gasteiger partial charge in [-0.15, -0.1) is 0 Å². The van der Waals surface area contributed by atoms with Crippen molar-refractivity contribution >= 4 is 11.9 Å². The van der Waals surface area contributed by atoms with Crippen molar-refractivity contribution in [3.05, 3.63) is 29.8 Å². The fourth-order valence-corrected chi connectivity index (χ4v) is 1.81. The average molecular weight is 190 g/mol. The molecule has 0 radical (unpaired) electrons. The molecule has 0 unspecified atom stereocenters. The van der Waals surface area contributed by atoms with Gasteiger partial charge in [-0.3, -0.25) is 0 Å². The van der Waals surface area contributed by atoms with Crippen LogP contribution in [0.4, 0.5) is 5.69 Å².